The van der Waals surface area contributed by atoms with Crippen LogP contribution >= 0.6 is 11.6 Å². The number of pyridine rings is 1. The number of nitrogens with zero attached hydrogens (tertiary/aromatic N) is 6. The van der Waals surface area contributed by atoms with E-state index >= 15 is 0 Å². The van der Waals surface area contributed by atoms with E-state index in [9.17, 15) is 28.1 Å². The summed E-state index contributed by atoms with van der Waals surface area (Å²) >= 11 is 6.25. The molecule has 1 atom stereocenters. The van der Waals surface area contributed by atoms with E-state index in [-0.39, 0.29) is 46.7 Å². The van der Waals surface area contributed by atoms with Gasteiger partial charge in [-0.05, 0) is 72.2 Å². The molecule has 5 aromatic rings. The number of anilines is 2. The lowest BCUT2D eigenvalue weighted by Gasteiger charge is -2.39. The minimum atomic E-state index is -4.69. The van der Waals surface area contributed by atoms with E-state index in [2.05, 4.69) is 60.7 Å². The number of halogens is 1. The Balaban J connectivity index is 0.922. The van der Waals surface area contributed by atoms with E-state index in [1.54, 1.807) is 29.3 Å². The van der Waals surface area contributed by atoms with E-state index in [0.717, 1.165) is 61.1 Å². The number of H-pyrrole nitrogens is 1. The predicted octanol–water partition coefficient (Wildman–Crippen LogP) is 7.16. The Hall–Kier alpha value is -6.21. The second-order valence-corrected chi connectivity index (χ2v) is 20.6. The van der Waals surface area contributed by atoms with Gasteiger partial charge in [0.1, 0.15) is 23.8 Å². The molecule has 3 N–H and O–H groups in total. The summed E-state index contributed by atoms with van der Waals surface area (Å²) in [5.74, 6) is -0.574. The maximum atomic E-state index is 14.1. The van der Waals surface area contributed by atoms with Gasteiger partial charge in [-0.25, -0.2) is 18.1 Å². The third-order valence-electron chi connectivity index (χ3n) is 13.2. The topological polar surface area (TPSA) is 196 Å². The fourth-order valence-electron chi connectivity index (χ4n) is 9.44. The molecule has 17 nitrogen and oxygen atoms in total. The van der Waals surface area contributed by atoms with Gasteiger partial charge in [0, 0.05) is 113 Å². The van der Waals surface area contributed by atoms with Crippen molar-refractivity contribution in [2.45, 2.75) is 51.0 Å². The third kappa shape index (κ3) is 10.4. The van der Waals surface area contributed by atoms with Gasteiger partial charge < -0.3 is 29.6 Å². The Morgan fingerprint density at radius 1 is 0.985 bits per heavy atom. The van der Waals surface area contributed by atoms with Crippen molar-refractivity contribution < 1.29 is 32.4 Å². The molecule has 2 aromatic heterocycles. The number of sulfonamides is 1. The molecule has 9 rings (SSSR count). The highest BCUT2D eigenvalue weighted by atomic mass is 35.5. The summed E-state index contributed by atoms with van der Waals surface area (Å²) in [7, 11) is -4.69. The molecule has 0 spiro atoms. The molecule has 5 heterocycles. The van der Waals surface area contributed by atoms with E-state index in [0.29, 0.717) is 57.2 Å². The first-order valence-corrected chi connectivity index (χ1v) is 24.4. The lowest BCUT2D eigenvalue weighted by Crippen LogP contribution is -2.52. The van der Waals surface area contributed by atoms with Crippen LogP contribution in [-0.4, -0.2) is 128 Å². The van der Waals surface area contributed by atoms with Crippen molar-refractivity contribution in [3.05, 3.63) is 111 Å². The highest BCUT2D eigenvalue weighted by molar-refractivity contribution is 7.90. The number of piperazine rings is 2. The number of nitrogens with one attached hydrogen (secondary N) is 3. The van der Waals surface area contributed by atoms with Crippen molar-refractivity contribution in [2.24, 2.45) is 5.41 Å². The summed E-state index contributed by atoms with van der Waals surface area (Å²) < 4.78 is 42.3. The monoisotopic (exact) mass is 951 g/mol. The third-order valence-corrected chi connectivity index (χ3v) is 14.8. The van der Waals surface area contributed by atoms with Crippen LogP contribution in [0, 0.1) is 15.5 Å². The molecular formula is C48H54ClN9O8S. The van der Waals surface area contributed by atoms with Gasteiger partial charge in [-0.2, -0.15) is 0 Å². The van der Waals surface area contributed by atoms with Crippen molar-refractivity contribution in [3.63, 3.8) is 0 Å². The molecule has 0 unspecified atom stereocenters. The highest BCUT2D eigenvalue weighted by Crippen LogP contribution is 2.44. The highest BCUT2D eigenvalue weighted by Gasteiger charge is 2.34. The molecule has 2 saturated heterocycles. The Labute approximate surface area is 394 Å². The first-order valence-electron chi connectivity index (χ1n) is 22.5. The zero-order valence-electron chi connectivity index (χ0n) is 37.7. The average molecular weight is 953 g/mol. The normalized spacial score (nSPS) is 19.1. The van der Waals surface area contributed by atoms with Gasteiger partial charge in [-0.15, -0.1) is 0 Å². The maximum absolute atomic E-state index is 14.1. The van der Waals surface area contributed by atoms with Crippen LogP contribution < -0.4 is 24.4 Å². The molecule has 1 aliphatic carbocycles. The van der Waals surface area contributed by atoms with Crippen LogP contribution in [0.2, 0.25) is 5.02 Å². The second kappa shape index (κ2) is 18.8. The number of hydrogen-bond donors (Lipinski definition) is 3. The number of ether oxygens (including phenoxy) is 2. The summed E-state index contributed by atoms with van der Waals surface area (Å²) in [6.07, 6.45) is 6.43. The molecule has 67 heavy (non-hydrogen) atoms. The number of hydrogen-bond acceptors (Lipinski definition) is 13. The molecule has 19 heteroatoms. The van der Waals surface area contributed by atoms with Gasteiger partial charge in [0.25, 0.3) is 21.6 Å². The zero-order chi connectivity index (χ0) is 47.0. The average Bonchev–Trinajstić information content (AvgIpc) is 3.78. The standard InChI is InChI=1S/C48H54ClN9O8S/c1-31(59)56-18-14-55(15-19-56)29-36-30-65-44-25-39(24-42(58(61)62)45(44)52-36)67(63,64)53-47(60)40-9-8-37(23-43(40)66-38-22-33-11-13-50-46(33)51-27-38)57-20-16-54(17-21-57)28-34-10-12-48(2,3)26-41(34)32-4-6-35(49)7-5-32/h4-9,11,13,22-25,27,36,52H,10,12,14-21,26,28-30H2,1-3H3,(H,50,51)(H,53,60)/t36-/m1/s1. The van der Waals surface area contributed by atoms with Gasteiger partial charge in [0.15, 0.2) is 11.4 Å². The van der Waals surface area contributed by atoms with Crippen LogP contribution in [-0.2, 0) is 14.8 Å². The largest absolute Gasteiger partial charge is 0.489 e. The van der Waals surface area contributed by atoms with Crippen molar-refractivity contribution in [3.8, 4) is 17.2 Å². The predicted molar refractivity (Wildman–Crippen MR) is 257 cm³/mol. The lowest BCUT2D eigenvalue weighted by molar-refractivity contribution is -0.384. The van der Waals surface area contributed by atoms with Crippen molar-refractivity contribution in [1.82, 2.24) is 29.4 Å². The van der Waals surface area contributed by atoms with Gasteiger partial charge >= 0.3 is 0 Å². The quantitative estimate of drug-likeness (QED) is 0.0843. The minimum absolute atomic E-state index is 0.0123. The van der Waals surface area contributed by atoms with E-state index in [1.165, 1.54) is 42.0 Å². The molecular weight excluding hydrogens is 898 g/mol. The number of amides is 2. The number of benzene rings is 3. The van der Waals surface area contributed by atoms with Crippen LogP contribution in [0.15, 0.2) is 89.6 Å². The molecule has 0 radical (unpaired) electrons. The number of aromatic nitrogens is 2. The Bertz CT molecular complexity index is 2850. The summed E-state index contributed by atoms with van der Waals surface area (Å²) in [5, 5.41) is 17.1. The minimum Gasteiger partial charge on any atom is -0.489 e. The van der Waals surface area contributed by atoms with Gasteiger partial charge in [0.2, 0.25) is 5.91 Å². The number of nitro groups is 1. The summed E-state index contributed by atoms with van der Waals surface area (Å²) in [4.78, 5) is 53.1. The molecule has 352 valence electrons. The summed E-state index contributed by atoms with van der Waals surface area (Å²) in [6, 6.07) is 18.5. The van der Waals surface area contributed by atoms with Crippen molar-refractivity contribution >= 4 is 67.1 Å². The zero-order valence-corrected chi connectivity index (χ0v) is 39.3. The molecule has 2 amide bonds. The molecule has 3 aromatic carbocycles. The number of allylic oxidation sites excluding steroid dienone is 1. The summed E-state index contributed by atoms with van der Waals surface area (Å²) in [5.41, 5.74) is 5.19. The van der Waals surface area contributed by atoms with Crippen molar-refractivity contribution in [2.75, 3.05) is 82.3 Å². The van der Waals surface area contributed by atoms with E-state index < -0.39 is 31.4 Å². The van der Waals surface area contributed by atoms with Crippen LogP contribution in [0.4, 0.5) is 17.1 Å². The molecule has 4 aliphatic rings. The fraction of sp³-hybridized carbons (Fsp3) is 0.396. The van der Waals surface area contributed by atoms with Crippen LogP contribution in [0.1, 0.15) is 56.0 Å². The van der Waals surface area contributed by atoms with E-state index in [4.69, 9.17) is 21.1 Å². The summed E-state index contributed by atoms with van der Waals surface area (Å²) in [6.45, 7) is 13.1. The fourth-order valence-corrected chi connectivity index (χ4v) is 10.6. The number of rotatable bonds is 12. The first-order chi connectivity index (χ1) is 32.1. The number of aromatic amines is 1. The Morgan fingerprint density at radius 3 is 2.46 bits per heavy atom. The molecule has 0 saturated carbocycles. The number of carbonyl (C=O) groups is 2. The molecule has 2 fully saturated rings. The van der Waals surface area contributed by atoms with Gasteiger partial charge in [-0.1, -0.05) is 43.2 Å². The van der Waals surface area contributed by atoms with Gasteiger partial charge in [-0.3, -0.25) is 29.5 Å². The number of nitro benzene ring substituents is 1. The van der Waals surface area contributed by atoms with Gasteiger partial charge in [0.05, 0.1) is 27.6 Å². The van der Waals surface area contributed by atoms with E-state index in [1.807, 2.05) is 18.2 Å². The maximum Gasteiger partial charge on any atom is 0.297 e. The second-order valence-electron chi connectivity index (χ2n) is 18.5. The van der Waals surface area contributed by atoms with Crippen LogP contribution in [0.5, 0.6) is 17.2 Å². The van der Waals surface area contributed by atoms with Crippen LogP contribution in [0.25, 0.3) is 16.6 Å². The Morgan fingerprint density at radius 2 is 1.73 bits per heavy atom. The number of fused-ring (bicyclic) bond motifs is 2. The lowest BCUT2D eigenvalue weighted by atomic mass is 9.72. The Kier molecular flexibility index (Phi) is 12.9. The molecule has 0 bridgehead atoms. The number of carbonyl (C=O) groups excluding carboxylic acids is 2. The van der Waals surface area contributed by atoms with Crippen LogP contribution in [0.3, 0.4) is 0 Å². The van der Waals surface area contributed by atoms with Crippen molar-refractivity contribution in [1.29, 1.82) is 0 Å². The smallest absolute Gasteiger partial charge is 0.297 e. The SMILES string of the molecule is CC(=O)N1CCN(C[C@@H]2COc3cc(S(=O)(=O)NC(=O)c4ccc(N5CCN(CC6=C(c7ccc(Cl)cc7)CC(C)(C)CC6)CC5)cc4Oc4cnc5[nH]ccc5c4)cc([N+](=O)[O-])c3N2)CC1. The first kappa shape index (κ1) is 45.9. The molecule has 3 aliphatic heterocycles.